The van der Waals surface area contributed by atoms with Crippen molar-refractivity contribution in [2.24, 2.45) is 0 Å². The van der Waals surface area contributed by atoms with E-state index in [0.717, 1.165) is 18.4 Å². The molecule has 6 nitrogen and oxygen atoms in total. The van der Waals surface area contributed by atoms with Gasteiger partial charge in [-0.25, -0.2) is 4.98 Å². The van der Waals surface area contributed by atoms with Gasteiger partial charge in [0.05, 0.1) is 0 Å². The topological polar surface area (TPSA) is 109 Å². The lowest BCUT2D eigenvalue weighted by molar-refractivity contribution is 0.525. The monoisotopic (exact) mass is 277 g/mol. The van der Waals surface area contributed by atoms with Crippen molar-refractivity contribution in [3.63, 3.8) is 0 Å². The molecule has 0 bridgehead atoms. The third-order valence-corrected chi connectivity index (χ3v) is 2.75. The molecule has 0 saturated carbocycles. The van der Waals surface area contributed by atoms with E-state index in [1.807, 2.05) is 6.92 Å². The van der Waals surface area contributed by atoms with E-state index in [1.54, 1.807) is 36.4 Å². The van der Waals surface area contributed by atoms with Gasteiger partial charge in [-0.05, 0) is 18.6 Å². The van der Waals surface area contributed by atoms with Crippen LogP contribution in [-0.4, -0.2) is 4.98 Å². The summed E-state index contributed by atoms with van der Waals surface area (Å²) in [5.41, 5.74) is 1.53. The van der Waals surface area contributed by atoms with Crippen LogP contribution in [0.1, 0.15) is 19.2 Å². The second kappa shape index (κ2) is 6.23. The molecule has 1 aromatic carbocycles. The summed E-state index contributed by atoms with van der Waals surface area (Å²) in [5, 5.41) is 29.3. The smallest absolute Gasteiger partial charge is 0.195 e. The van der Waals surface area contributed by atoms with Crippen molar-refractivity contribution in [3.05, 3.63) is 35.4 Å². The Morgan fingerprint density at radius 3 is 2.62 bits per heavy atom. The number of nitriles is 3. The highest BCUT2D eigenvalue weighted by Gasteiger charge is 2.09. The van der Waals surface area contributed by atoms with Crippen molar-refractivity contribution in [1.82, 2.24) is 4.98 Å². The van der Waals surface area contributed by atoms with Crippen LogP contribution in [0.5, 0.6) is 0 Å². The molecule has 0 aliphatic heterocycles. The zero-order chi connectivity index (χ0) is 15.2. The first-order valence-electron chi connectivity index (χ1n) is 6.32. The molecule has 0 saturated heterocycles. The second-order valence-corrected chi connectivity index (χ2v) is 4.25. The molecule has 0 spiro atoms. The van der Waals surface area contributed by atoms with Crippen LogP contribution in [0.2, 0.25) is 0 Å². The van der Waals surface area contributed by atoms with Crippen LogP contribution in [0.15, 0.2) is 33.9 Å². The number of hydrogen-bond donors (Lipinski definition) is 1. The standard InChI is InChI=1S/C15H11N5O/c1-2-3-15-20-12-5-4-11(6-14(12)21-15)19-13(9-18)10(7-16)8-17/h4-6,19H,2-3H2,1H3. The van der Waals surface area contributed by atoms with Crippen LogP contribution in [0, 0.1) is 34.0 Å². The fraction of sp³-hybridized carbons (Fsp3) is 0.200. The van der Waals surface area contributed by atoms with Crippen LogP contribution in [0.25, 0.3) is 11.1 Å². The highest BCUT2D eigenvalue weighted by atomic mass is 16.3. The van der Waals surface area contributed by atoms with Gasteiger partial charge in [-0.3, -0.25) is 0 Å². The number of aryl methyl sites for hydroxylation is 1. The number of aromatic nitrogens is 1. The number of fused-ring (bicyclic) bond motifs is 1. The highest BCUT2D eigenvalue weighted by molar-refractivity contribution is 5.78. The van der Waals surface area contributed by atoms with Gasteiger partial charge in [0.2, 0.25) is 0 Å². The minimum atomic E-state index is -0.262. The fourth-order valence-corrected chi connectivity index (χ4v) is 1.80. The van der Waals surface area contributed by atoms with Crippen LogP contribution in [0.4, 0.5) is 5.69 Å². The molecule has 102 valence electrons. The van der Waals surface area contributed by atoms with Gasteiger partial charge in [-0.1, -0.05) is 6.92 Å². The lowest BCUT2D eigenvalue weighted by atomic mass is 10.2. The summed E-state index contributed by atoms with van der Waals surface area (Å²) in [5.74, 6) is 0.662. The molecule has 0 unspecified atom stereocenters. The van der Waals surface area contributed by atoms with Crippen molar-refractivity contribution in [3.8, 4) is 18.2 Å². The normalized spacial score (nSPS) is 9.43. The van der Waals surface area contributed by atoms with Crippen LogP contribution in [-0.2, 0) is 6.42 Å². The Bertz CT molecular complexity index is 810. The van der Waals surface area contributed by atoms with Gasteiger partial charge in [-0.15, -0.1) is 0 Å². The zero-order valence-corrected chi connectivity index (χ0v) is 11.3. The molecule has 1 aromatic heterocycles. The van der Waals surface area contributed by atoms with E-state index in [1.165, 1.54) is 0 Å². The number of hydrogen-bond acceptors (Lipinski definition) is 6. The molecular weight excluding hydrogens is 266 g/mol. The van der Waals surface area contributed by atoms with E-state index in [9.17, 15) is 0 Å². The van der Waals surface area contributed by atoms with Crippen molar-refractivity contribution in [2.45, 2.75) is 19.8 Å². The van der Waals surface area contributed by atoms with Gasteiger partial charge in [0, 0.05) is 18.2 Å². The molecule has 0 aliphatic rings. The van der Waals surface area contributed by atoms with Crippen LogP contribution >= 0.6 is 0 Å². The summed E-state index contributed by atoms with van der Waals surface area (Å²) < 4.78 is 5.60. The first-order chi connectivity index (χ1) is 10.2. The Balaban J connectivity index is 2.36. The zero-order valence-electron chi connectivity index (χ0n) is 11.3. The first-order valence-corrected chi connectivity index (χ1v) is 6.32. The number of anilines is 1. The van der Waals surface area contributed by atoms with Crippen molar-refractivity contribution in [1.29, 1.82) is 15.8 Å². The Morgan fingerprint density at radius 1 is 1.24 bits per heavy atom. The number of rotatable bonds is 4. The van der Waals surface area contributed by atoms with E-state index < -0.39 is 0 Å². The molecule has 0 aliphatic carbocycles. The molecular formula is C15H11N5O. The van der Waals surface area contributed by atoms with E-state index in [0.29, 0.717) is 17.2 Å². The van der Waals surface area contributed by atoms with Gasteiger partial charge in [0.1, 0.15) is 29.4 Å². The fourth-order valence-electron chi connectivity index (χ4n) is 1.80. The Morgan fingerprint density at radius 2 is 2.00 bits per heavy atom. The molecule has 2 rings (SSSR count). The number of oxazole rings is 1. The average Bonchev–Trinajstić information content (AvgIpc) is 2.89. The predicted molar refractivity (Wildman–Crippen MR) is 75.5 cm³/mol. The maximum absolute atomic E-state index is 9.00. The van der Waals surface area contributed by atoms with E-state index in [2.05, 4.69) is 10.3 Å². The lowest BCUT2D eigenvalue weighted by Crippen LogP contribution is -2.00. The third kappa shape index (κ3) is 3.00. The van der Waals surface area contributed by atoms with Gasteiger partial charge in [0.25, 0.3) is 0 Å². The summed E-state index contributed by atoms with van der Waals surface area (Å²) in [6.45, 7) is 2.04. The minimum Gasteiger partial charge on any atom is -0.441 e. The van der Waals surface area contributed by atoms with E-state index >= 15 is 0 Å². The molecule has 21 heavy (non-hydrogen) atoms. The SMILES string of the molecule is CCCc1nc2ccc(NC(C#N)=C(C#N)C#N)cc2o1. The number of nitrogens with zero attached hydrogens (tertiary/aromatic N) is 4. The van der Waals surface area contributed by atoms with Gasteiger partial charge in [0.15, 0.2) is 17.0 Å². The van der Waals surface area contributed by atoms with E-state index in [-0.39, 0.29) is 11.3 Å². The largest absolute Gasteiger partial charge is 0.441 e. The Labute approximate surface area is 121 Å². The second-order valence-electron chi connectivity index (χ2n) is 4.25. The first kappa shape index (κ1) is 14.1. The third-order valence-electron chi connectivity index (χ3n) is 2.75. The molecule has 0 atom stereocenters. The van der Waals surface area contributed by atoms with Crippen molar-refractivity contribution < 1.29 is 4.42 Å². The Hall–Kier alpha value is -3.30. The maximum atomic E-state index is 9.00. The summed E-state index contributed by atoms with van der Waals surface area (Å²) in [6.07, 6.45) is 1.70. The van der Waals surface area contributed by atoms with E-state index in [4.69, 9.17) is 20.2 Å². The van der Waals surface area contributed by atoms with Crippen molar-refractivity contribution in [2.75, 3.05) is 5.32 Å². The summed E-state index contributed by atoms with van der Waals surface area (Å²) in [6, 6.07) is 10.3. The van der Waals surface area contributed by atoms with Gasteiger partial charge >= 0.3 is 0 Å². The number of nitrogens with one attached hydrogen (secondary N) is 1. The lowest BCUT2D eigenvalue weighted by Gasteiger charge is -2.03. The predicted octanol–water partition coefficient (Wildman–Crippen LogP) is 3.02. The maximum Gasteiger partial charge on any atom is 0.195 e. The van der Waals surface area contributed by atoms with Gasteiger partial charge < -0.3 is 9.73 Å². The minimum absolute atomic E-state index is 0.0901. The van der Waals surface area contributed by atoms with Crippen LogP contribution < -0.4 is 5.32 Å². The van der Waals surface area contributed by atoms with Gasteiger partial charge in [-0.2, -0.15) is 15.8 Å². The quantitative estimate of drug-likeness (QED) is 0.860. The molecule has 0 radical (unpaired) electrons. The molecule has 0 fully saturated rings. The summed E-state index contributed by atoms with van der Waals surface area (Å²) in [4.78, 5) is 4.33. The van der Waals surface area contributed by atoms with Crippen LogP contribution in [0.3, 0.4) is 0 Å². The Kier molecular flexibility index (Phi) is 4.19. The molecule has 0 amide bonds. The highest BCUT2D eigenvalue weighted by Crippen LogP contribution is 2.22. The summed E-state index contributed by atoms with van der Waals surface area (Å²) in [7, 11) is 0. The average molecular weight is 277 g/mol. The number of benzene rings is 1. The molecule has 1 N–H and O–H groups in total. The molecule has 1 heterocycles. The molecule has 6 heteroatoms. The molecule has 2 aromatic rings. The number of allylic oxidation sites excluding steroid dienone is 2. The van der Waals surface area contributed by atoms with Crippen molar-refractivity contribution >= 4 is 16.8 Å². The summed E-state index contributed by atoms with van der Waals surface area (Å²) >= 11 is 0.